The monoisotopic (exact) mass is 355 g/mol. The SMILES string of the molecule is CN1CCN(c2ccccc2NC(=O)c2cc3c(s2)CCCC3)CC1. The van der Waals surface area contributed by atoms with Crippen LogP contribution in [0.25, 0.3) is 0 Å². The number of hydrogen-bond acceptors (Lipinski definition) is 4. The van der Waals surface area contributed by atoms with Gasteiger partial charge >= 0.3 is 0 Å². The van der Waals surface area contributed by atoms with Gasteiger partial charge in [-0.3, -0.25) is 4.79 Å². The minimum atomic E-state index is 0.0287. The Bertz CT molecular complexity index is 739. The summed E-state index contributed by atoms with van der Waals surface area (Å²) < 4.78 is 0. The van der Waals surface area contributed by atoms with Crippen molar-refractivity contribution in [2.75, 3.05) is 43.4 Å². The second-order valence-electron chi connectivity index (χ2n) is 7.03. The minimum absolute atomic E-state index is 0.0287. The van der Waals surface area contributed by atoms with E-state index in [-0.39, 0.29) is 5.91 Å². The van der Waals surface area contributed by atoms with Crippen molar-refractivity contribution >= 4 is 28.6 Å². The summed E-state index contributed by atoms with van der Waals surface area (Å²) in [6.45, 7) is 4.10. The van der Waals surface area contributed by atoms with E-state index < -0.39 is 0 Å². The van der Waals surface area contributed by atoms with Crippen molar-refractivity contribution in [1.82, 2.24) is 4.90 Å². The third kappa shape index (κ3) is 3.58. The van der Waals surface area contributed by atoms with Gasteiger partial charge in [0.1, 0.15) is 0 Å². The number of rotatable bonds is 3. The Hall–Kier alpha value is -1.85. The molecule has 4 rings (SSSR count). The molecule has 1 aromatic carbocycles. The largest absolute Gasteiger partial charge is 0.367 e. The van der Waals surface area contributed by atoms with E-state index in [0.29, 0.717) is 0 Å². The lowest BCUT2D eigenvalue weighted by Crippen LogP contribution is -2.44. The van der Waals surface area contributed by atoms with Crippen molar-refractivity contribution in [2.45, 2.75) is 25.7 Å². The number of para-hydroxylation sites is 2. The van der Waals surface area contributed by atoms with Gasteiger partial charge in [0.05, 0.1) is 16.3 Å². The lowest BCUT2D eigenvalue weighted by atomic mass is 9.99. The number of amides is 1. The van der Waals surface area contributed by atoms with Gasteiger partial charge in [0, 0.05) is 31.1 Å². The van der Waals surface area contributed by atoms with Gasteiger partial charge in [-0.05, 0) is 56.5 Å². The third-order valence-corrected chi connectivity index (χ3v) is 6.45. The standard InChI is InChI=1S/C20H25N3OS/c1-22-10-12-23(13-11-22)17-8-4-3-7-16(17)21-20(24)19-14-15-6-2-5-9-18(15)25-19/h3-4,7-8,14H,2,5-6,9-13H2,1H3,(H,21,24). The van der Waals surface area contributed by atoms with Crippen LogP contribution < -0.4 is 10.2 Å². The zero-order valence-corrected chi connectivity index (χ0v) is 15.6. The third-order valence-electron chi connectivity index (χ3n) is 5.22. The highest BCUT2D eigenvalue weighted by Gasteiger charge is 2.20. The van der Waals surface area contributed by atoms with Crippen LogP contribution in [0.2, 0.25) is 0 Å². The topological polar surface area (TPSA) is 35.6 Å². The number of anilines is 2. The van der Waals surface area contributed by atoms with E-state index >= 15 is 0 Å². The summed E-state index contributed by atoms with van der Waals surface area (Å²) in [7, 11) is 2.16. The Morgan fingerprint density at radius 1 is 1.08 bits per heavy atom. The van der Waals surface area contributed by atoms with Crippen LogP contribution in [0.15, 0.2) is 30.3 Å². The molecule has 0 spiro atoms. The fraction of sp³-hybridized carbons (Fsp3) is 0.450. The molecule has 4 nitrogen and oxygen atoms in total. The number of carbonyl (C=O) groups is 1. The normalized spacial score (nSPS) is 18.0. The molecule has 2 heterocycles. The number of benzene rings is 1. The summed E-state index contributed by atoms with van der Waals surface area (Å²) in [6, 6.07) is 10.3. The van der Waals surface area contributed by atoms with Crippen LogP contribution >= 0.6 is 11.3 Å². The van der Waals surface area contributed by atoms with E-state index in [9.17, 15) is 4.79 Å². The van der Waals surface area contributed by atoms with E-state index in [2.05, 4.69) is 34.3 Å². The first-order valence-electron chi connectivity index (χ1n) is 9.16. The van der Waals surface area contributed by atoms with Crippen molar-refractivity contribution in [3.05, 3.63) is 45.6 Å². The van der Waals surface area contributed by atoms with Crippen LogP contribution in [0.3, 0.4) is 0 Å². The molecule has 132 valence electrons. The average molecular weight is 356 g/mol. The fourth-order valence-corrected chi connectivity index (χ4v) is 4.84. The molecule has 5 heteroatoms. The first kappa shape index (κ1) is 16.6. The zero-order chi connectivity index (χ0) is 17.2. The van der Waals surface area contributed by atoms with Crippen LogP contribution in [0.4, 0.5) is 11.4 Å². The molecular formula is C20H25N3OS. The van der Waals surface area contributed by atoms with Crippen molar-refractivity contribution in [1.29, 1.82) is 0 Å². The van der Waals surface area contributed by atoms with Crippen LogP contribution in [0, 0.1) is 0 Å². The molecule has 25 heavy (non-hydrogen) atoms. The smallest absolute Gasteiger partial charge is 0.265 e. The Balaban J connectivity index is 1.52. The number of nitrogens with one attached hydrogen (secondary N) is 1. The Morgan fingerprint density at radius 3 is 2.64 bits per heavy atom. The maximum atomic E-state index is 12.8. The van der Waals surface area contributed by atoms with Crippen LogP contribution in [-0.2, 0) is 12.8 Å². The number of likely N-dealkylation sites (N-methyl/N-ethyl adjacent to an activating group) is 1. The molecule has 1 saturated heterocycles. The van der Waals surface area contributed by atoms with E-state index in [0.717, 1.165) is 55.3 Å². The van der Waals surface area contributed by atoms with Gasteiger partial charge in [0.15, 0.2) is 0 Å². The van der Waals surface area contributed by atoms with Gasteiger partial charge in [-0.25, -0.2) is 0 Å². The molecular weight excluding hydrogens is 330 g/mol. The first-order chi connectivity index (χ1) is 12.2. The number of aryl methyl sites for hydroxylation is 2. The Labute approximate surface area is 153 Å². The molecule has 1 N–H and O–H groups in total. The molecule has 1 aliphatic heterocycles. The molecule has 0 bridgehead atoms. The van der Waals surface area contributed by atoms with Gasteiger partial charge < -0.3 is 15.1 Å². The minimum Gasteiger partial charge on any atom is -0.367 e. The second kappa shape index (κ2) is 7.18. The Kier molecular flexibility index (Phi) is 4.77. The quantitative estimate of drug-likeness (QED) is 0.913. The molecule has 1 fully saturated rings. The van der Waals surface area contributed by atoms with Crippen molar-refractivity contribution in [3.63, 3.8) is 0 Å². The summed E-state index contributed by atoms with van der Waals surface area (Å²) in [4.78, 5) is 19.8. The lowest BCUT2D eigenvalue weighted by molar-refractivity contribution is 0.103. The van der Waals surface area contributed by atoms with Gasteiger partial charge in [-0.2, -0.15) is 0 Å². The van der Waals surface area contributed by atoms with E-state index in [1.807, 2.05) is 18.2 Å². The van der Waals surface area contributed by atoms with Gasteiger partial charge in [-0.1, -0.05) is 12.1 Å². The Morgan fingerprint density at radius 2 is 1.84 bits per heavy atom. The molecule has 0 saturated carbocycles. The highest BCUT2D eigenvalue weighted by molar-refractivity contribution is 7.14. The molecule has 1 aromatic heterocycles. The van der Waals surface area contributed by atoms with E-state index in [4.69, 9.17) is 0 Å². The molecule has 0 atom stereocenters. The van der Waals surface area contributed by atoms with Crippen LogP contribution in [-0.4, -0.2) is 44.0 Å². The molecule has 0 unspecified atom stereocenters. The van der Waals surface area contributed by atoms with Gasteiger partial charge in [0.25, 0.3) is 5.91 Å². The second-order valence-corrected chi connectivity index (χ2v) is 8.16. The fourth-order valence-electron chi connectivity index (χ4n) is 3.69. The molecule has 2 aliphatic rings. The summed E-state index contributed by atoms with van der Waals surface area (Å²) in [5.41, 5.74) is 3.43. The van der Waals surface area contributed by atoms with Crippen LogP contribution in [0.1, 0.15) is 33.0 Å². The van der Waals surface area contributed by atoms with Crippen LogP contribution in [0.5, 0.6) is 0 Å². The summed E-state index contributed by atoms with van der Waals surface area (Å²) in [5, 5.41) is 3.16. The highest BCUT2D eigenvalue weighted by Crippen LogP contribution is 2.31. The summed E-state index contributed by atoms with van der Waals surface area (Å²) in [5.74, 6) is 0.0287. The summed E-state index contributed by atoms with van der Waals surface area (Å²) in [6.07, 6.45) is 4.75. The van der Waals surface area contributed by atoms with Crippen molar-refractivity contribution < 1.29 is 4.79 Å². The predicted molar refractivity (Wildman–Crippen MR) is 105 cm³/mol. The molecule has 0 radical (unpaired) electrons. The average Bonchev–Trinajstić information content (AvgIpc) is 3.07. The number of fused-ring (bicyclic) bond motifs is 1. The maximum Gasteiger partial charge on any atom is 0.265 e. The van der Waals surface area contributed by atoms with E-state index in [1.165, 1.54) is 23.3 Å². The number of thiophene rings is 1. The number of carbonyl (C=O) groups excluding carboxylic acids is 1. The van der Waals surface area contributed by atoms with Crippen molar-refractivity contribution in [3.8, 4) is 0 Å². The zero-order valence-electron chi connectivity index (χ0n) is 14.8. The predicted octanol–water partition coefficient (Wildman–Crippen LogP) is 3.63. The van der Waals surface area contributed by atoms with E-state index in [1.54, 1.807) is 11.3 Å². The lowest BCUT2D eigenvalue weighted by Gasteiger charge is -2.35. The van der Waals surface area contributed by atoms with Gasteiger partial charge in [-0.15, -0.1) is 11.3 Å². The molecule has 1 amide bonds. The number of piperazine rings is 1. The number of hydrogen-bond donors (Lipinski definition) is 1. The first-order valence-corrected chi connectivity index (χ1v) is 9.98. The number of nitrogens with zero attached hydrogens (tertiary/aromatic N) is 2. The molecule has 1 aliphatic carbocycles. The molecule has 2 aromatic rings. The maximum absolute atomic E-state index is 12.8. The van der Waals surface area contributed by atoms with Crippen molar-refractivity contribution in [2.24, 2.45) is 0 Å². The summed E-state index contributed by atoms with van der Waals surface area (Å²) >= 11 is 1.67. The highest BCUT2D eigenvalue weighted by atomic mass is 32.1. The van der Waals surface area contributed by atoms with Gasteiger partial charge in [0.2, 0.25) is 0 Å².